The van der Waals surface area contributed by atoms with E-state index in [0.717, 1.165) is 50.1 Å². The SMILES string of the molecule is O=C(O)CC1(CC(=O)N2CCC[C@H](CNc3nc(-c4c[nH]c5ncc(Cl)cc45)ncc3F)C2)CCCC1. The fourth-order valence-corrected chi connectivity index (χ4v) is 5.94. The van der Waals surface area contributed by atoms with Crippen LogP contribution in [0.2, 0.25) is 5.02 Å². The second-order valence-electron chi connectivity index (χ2n) is 10.3. The number of anilines is 1. The molecule has 1 aliphatic heterocycles. The first kappa shape index (κ1) is 25.4. The Hall–Kier alpha value is -3.27. The van der Waals surface area contributed by atoms with Gasteiger partial charge in [-0.2, -0.15) is 0 Å². The average molecular weight is 529 g/mol. The lowest BCUT2D eigenvalue weighted by molar-refractivity contribution is -0.142. The zero-order chi connectivity index (χ0) is 26.0. The molecule has 3 aromatic rings. The van der Waals surface area contributed by atoms with Crippen molar-refractivity contribution in [3.63, 3.8) is 0 Å². The number of aromatic nitrogens is 4. The van der Waals surface area contributed by atoms with Crippen LogP contribution in [0.5, 0.6) is 0 Å². The Bertz CT molecular complexity index is 1310. The standard InChI is InChI=1S/C26H30ClFN6O3/c27-17-8-18-19(13-31-23(18)30-12-17)24-32-14-20(28)25(33-24)29-11-16-4-3-7-34(15-16)21(35)9-26(10-22(36)37)5-1-2-6-26/h8,12-14,16H,1-7,9-11,15H2,(H,30,31)(H,36,37)(H,29,32,33)/t16-/m1/s1. The highest BCUT2D eigenvalue weighted by molar-refractivity contribution is 6.31. The Kier molecular flexibility index (Phi) is 7.28. The molecule has 0 aromatic carbocycles. The maximum Gasteiger partial charge on any atom is 0.303 e. The molecule has 0 spiro atoms. The molecule has 37 heavy (non-hydrogen) atoms. The van der Waals surface area contributed by atoms with E-state index in [0.29, 0.717) is 41.7 Å². The molecular weight excluding hydrogens is 499 g/mol. The van der Waals surface area contributed by atoms with Gasteiger partial charge in [0, 0.05) is 49.4 Å². The number of hydrogen-bond acceptors (Lipinski definition) is 6. The van der Waals surface area contributed by atoms with Gasteiger partial charge in [0.25, 0.3) is 0 Å². The van der Waals surface area contributed by atoms with Crippen LogP contribution in [0.15, 0.2) is 24.7 Å². The number of nitrogens with one attached hydrogen (secondary N) is 2. The Morgan fingerprint density at radius 1 is 1.22 bits per heavy atom. The fourth-order valence-electron chi connectivity index (χ4n) is 5.78. The summed E-state index contributed by atoms with van der Waals surface area (Å²) in [5.74, 6) is -0.793. The minimum atomic E-state index is -0.839. The van der Waals surface area contributed by atoms with Crippen LogP contribution in [0.1, 0.15) is 51.4 Å². The minimum Gasteiger partial charge on any atom is -0.481 e. The van der Waals surface area contributed by atoms with Gasteiger partial charge < -0.3 is 20.3 Å². The first-order valence-electron chi connectivity index (χ1n) is 12.7. The molecule has 1 atom stereocenters. The smallest absolute Gasteiger partial charge is 0.303 e. The van der Waals surface area contributed by atoms with E-state index >= 15 is 0 Å². The molecule has 2 aliphatic rings. The third-order valence-electron chi connectivity index (χ3n) is 7.63. The highest BCUT2D eigenvalue weighted by Crippen LogP contribution is 2.44. The summed E-state index contributed by atoms with van der Waals surface area (Å²) in [5.41, 5.74) is 0.887. The van der Waals surface area contributed by atoms with Crippen molar-refractivity contribution in [2.75, 3.05) is 25.0 Å². The van der Waals surface area contributed by atoms with Crippen molar-refractivity contribution in [3.8, 4) is 11.4 Å². The van der Waals surface area contributed by atoms with Gasteiger partial charge in [-0.05, 0) is 43.1 Å². The third-order valence-corrected chi connectivity index (χ3v) is 7.84. The van der Waals surface area contributed by atoms with Gasteiger partial charge in [0.1, 0.15) is 5.65 Å². The van der Waals surface area contributed by atoms with E-state index in [9.17, 15) is 19.1 Å². The van der Waals surface area contributed by atoms with Crippen molar-refractivity contribution in [2.45, 2.75) is 51.4 Å². The monoisotopic (exact) mass is 528 g/mol. The van der Waals surface area contributed by atoms with Crippen LogP contribution in [0.25, 0.3) is 22.4 Å². The molecular formula is C26H30ClFN6O3. The number of likely N-dealkylation sites (tertiary alicyclic amines) is 1. The number of H-pyrrole nitrogens is 1. The summed E-state index contributed by atoms with van der Waals surface area (Å²) >= 11 is 6.09. The molecule has 1 aliphatic carbocycles. The molecule has 1 amide bonds. The number of fused-ring (bicyclic) bond motifs is 1. The molecule has 0 bridgehead atoms. The molecule has 5 rings (SSSR count). The zero-order valence-corrected chi connectivity index (χ0v) is 21.2. The Morgan fingerprint density at radius 2 is 2.03 bits per heavy atom. The second-order valence-corrected chi connectivity index (χ2v) is 10.8. The quantitative estimate of drug-likeness (QED) is 0.380. The van der Waals surface area contributed by atoms with E-state index in [1.807, 2.05) is 4.90 Å². The van der Waals surface area contributed by atoms with Crippen LogP contribution >= 0.6 is 11.6 Å². The Morgan fingerprint density at radius 3 is 2.81 bits per heavy atom. The van der Waals surface area contributed by atoms with Gasteiger partial charge in [-0.1, -0.05) is 24.4 Å². The zero-order valence-electron chi connectivity index (χ0n) is 20.5. The number of carbonyl (C=O) groups is 2. The van der Waals surface area contributed by atoms with E-state index in [2.05, 4.69) is 25.3 Å². The molecule has 9 nitrogen and oxygen atoms in total. The van der Waals surface area contributed by atoms with Gasteiger partial charge in [0.05, 0.1) is 17.6 Å². The summed E-state index contributed by atoms with van der Waals surface area (Å²) in [4.78, 5) is 42.3. The summed E-state index contributed by atoms with van der Waals surface area (Å²) in [6.07, 6.45) is 10.0. The number of carboxylic acid groups (broad SMARTS) is 1. The predicted molar refractivity (Wildman–Crippen MR) is 138 cm³/mol. The number of halogens is 2. The van der Waals surface area contributed by atoms with Crippen molar-refractivity contribution >= 4 is 40.3 Å². The van der Waals surface area contributed by atoms with Gasteiger partial charge in [0.15, 0.2) is 17.5 Å². The van der Waals surface area contributed by atoms with Crippen LogP contribution in [0.4, 0.5) is 10.2 Å². The molecule has 196 valence electrons. The lowest BCUT2D eigenvalue weighted by Crippen LogP contribution is -2.43. The summed E-state index contributed by atoms with van der Waals surface area (Å²) in [5, 5.41) is 13.7. The number of pyridine rings is 1. The summed E-state index contributed by atoms with van der Waals surface area (Å²) < 4.78 is 14.6. The van der Waals surface area contributed by atoms with E-state index < -0.39 is 17.2 Å². The van der Waals surface area contributed by atoms with Crippen LogP contribution in [-0.2, 0) is 9.59 Å². The summed E-state index contributed by atoms with van der Waals surface area (Å²) in [6.45, 7) is 1.68. The van der Waals surface area contributed by atoms with Crippen molar-refractivity contribution < 1.29 is 19.1 Å². The lowest BCUT2D eigenvalue weighted by Gasteiger charge is -2.36. The third kappa shape index (κ3) is 5.69. The minimum absolute atomic E-state index is 0.0231. The number of carbonyl (C=O) groups excluding carboxylic acids is 1. The fraction of sp³-hybridized carbons (Fsp3) is 0.500. The molecule has 0 unspecified atom stereocenters. The lowest BCUT2D eigenvalue weighted by atomic mass is 9.79. The second kappa shape index (κ2) is 10.6. The van der Waals surface area contributed by atoms with Gasteiger partial charge in [-0.25, -0.2) is 19.3 Å². The van der Waals surface area contributed by atoms with Crippen LogP contribution < -0.4 is 5.32 Å². The number of nitrogens with zero attached hydrogens (tertiary/aromatic N) is 4. The number of rotatable bonds is 8. The summed E-state index contributed by atoms with van der Waals surface area (Å²) in [6, 6.07) is 1.76. The maximum atomic E-state index is 14.6. The van der Waals surface area contributed by atoms with Gasteiger partial charge in [-0.3, -0.25) is 9.59 Å². The van der Waals surface area contributed by atoms with Gasteiger partial charge >= 0.3 is 5.97 Å². The van der Waals surface area contributed by atoms with Crippen molar-refractivity contribution in [1.82, 2.24) is 24.8 Å². The molecule has 3 aromatic heterocycles. The van der Waals surface area contributed by atoms with Crippen molar-refractivity contribution in [3.05, 3.63) is 35.5 Å². The van der Waals surface area contributed by atoms with E-state index in [1.54, 1.807) is 18.5 Å². The average Bonchev–Trinajstić information content (AvgIpc) is 3.50. The largest absolute Gasteiger partial charge is 0.481 e. The van der Waals surface area contributed by atoms with E-state index in [1.165, 1.54) is 0 Å². The van der Waals surface area contributed by atoms with Crippen LogP contribution in [0.3, 0.4) is 0 Å². The Balaban J connectivity index is 1.24. The van der Waals surface area contributed by atoms with Crippen molar-refractivity contribution in [1.29, 1.82) is 0 Å². The van der Waals surface area contributed by atoms with Crippen LogP contribution in [-0.4, -0.2) is 61.5 Å². The molecule has 0 radical (unpaired) electrons. The van der Waals surface area contributed by atoms with Crippen molar-refractivity contribution in [2.24, 2.45) is 11.3 Å². The molecule has 1 saturated heterocycles. The normalized spacial score (nSPS) is 19.3. The summed E-state index contributed by atoms with van der Waals surface area (Å²) in [7, 11) is 0. The number of aliphatic carboxylic acids is 1. The number of piperidine rings is 1. The highest BCUT2D eigenvalue weighted by atomic mass is 35.5. The molecule has 11 heteroatoms. The number of carboxylic acids is 1. The maximum absolute atomic E-state index is 14.6. The van der Waals surface area contributed by atoms with Gasteiger partial charge in [-0.15, -0.1) is 0 Å². The van der Waals surface area contributed by atoms with Gasteiger partial charge in [0.2, 0.25) is 5.91 Å². The topological polar surface area (TPSA) is 124 Å². The predicted octanol–water partition coefficient (Wildman–Crippen LogP) is 4.89. The number of amides is 1. The molecule has 3 N–H and O–H groups in total. The molecule has 4 heterocycles. The first-order chi connectivity index (χ1) is 17.8. The molecule has 1 saturated carbocycles. The van der Waals surface area contributed by atoms with E-state index in [-0.39, 0.29) is 30.5 Å². The van der Waals surface area contributed by atoms with Crippen LogP contribution in [0, 0.1) is 17.2 Å². The highest BCUT2D eigenvalue weighted by Gasteiger charge is 2.39. The molecule has 2 fully saturated rings. The number of hydrogen-bond donors (Lipinski definition) is 3. The first-order valence-corrected chi connectivity index (χ1v) is 13.1. The Labute approximate surface area is 218 Å². The van der Waals surface area contributed by atoms with E-state index in [4.69, 9.17) is 11.6 Å². The number of aromatic amines is 1.